The van der Waals surface area contributed by atoms with E-state index in [1.165, 1.54) is 0 Å². The molecule has 31 heavy (non-hydrogen) atoms. The van der Waals surface area contributed by atoms with Crippen LogP contribution in [0.15, 0.2) is 0 Å². The minimum atomic E-state index is -1.70. The van der Waals surface area contributed by atoms with Crippen LogP contribution in [0, 0.1) is 11.8 Å². The second kappa shape index (κ2) is 12.8. The molecule has 0 radical (unpaired) electrons. The normalized spacial score (nSPS) is 16.0. The lowest BCUT2D eigenvalue weighted by molar-refractivity contribution is -0.146. The van der Waals surface area contributed by atoms with Gasteiger partial charge in [-0.05, 0) is 25.2 Å². The Morgan fingerprint density at radius 1 is 0.806 bits per heavy atom. The number of hydrogen-bond acceptors (Lipinski definition) is 7. The number of aliphatic carboxylic acids is 2. The summed E-state index contributed by atoms with van der Waals surface area (Å²) in [5, 5.41) is 34.4. The van der Waals surface area contributed by atoms with E-state index in [0.29, 0.717) is 0 Å². The molecule has 0 rings (SSSR count). The van der Waals surface area contributed by atoms with Crippen molar-refractivity contribution in [3.63, 3.8) is 0 Å². The summed E-state index contributed by atoms with van der Waals surface area (Å²) in [5.41, 5.74) is 5.80. The third-order valence-electron chi connectivity index (χ3n) is 4.42. The summed E-state index contributed by atoms with van der Waals surface area (Å²) in [7, 11) is 0. The lowest BCUT2D eigenvalue weighted by Gasteiger charge is -2.26. The number of hydrogen-bond donors (Lipinski definition) is 7. The lowest BCUT2D eigenvalue weighted by Crippen LogP contribution is -2.59. The maximum Gasteiger partial charge on any atom is 0.328 e. The summed E-state index contributed by atoms with van der Waals surface area (Å²) in [6.07, 6.45) is -2.11. The van der Waals surface area contributed by atoms with Crippen LogP contribution in [-0.2, 0) is 24.0 Å². The molecule has 12 heteroatoms. The number of rotatable bonds is 13. The molecule has 178 valence electrons. The van der Waals surface area contributed by atoms with Gasteiger partial charge < -0.3 is 37.0 Å². The van der Waals surface area contributed by atoms with Crippen LogP contribution in [0.2, 0.25) is 0 Å². The average molecular weight is 447 g/mol. The molecule has 0 aliphatic carbocycles. The number of carbonyl (C=O) groups is 5. The van der Waals surface area contributed by atoms with Crippen LogP contribution in [0.3, 0.4) is 0 Å². The van der Waals surface area contributed by atoms with Gasteiger partial charge in [0.1, 0.15) is 12.1 Å². The van der Waals surface area contributed by atoms with Crippen molar-refractivity contribution in [2.24, 2.45) is 17.6 Å². The molecule has 5 atom stereocenters. The highest BCUT2D eigenvalue weighted by molar-refractivity contribution is 5.95. The minimum Gasteiger partial charge on any atom is -0.481 e. The van der Waals surface area contributed by atoms with Crippen molar-refractivity contribution in [3.8, 4) is 0 Å². The number of aliphatic hydroxyl groups is 1. The summed E-state index contributed by atoms with van der Waals surface area (Å²) in [4.78, 5) is 59.8. The molecule has 3 amide bonds. The molecular formula is C19H34N4O8. The zero-order valence-corrected chi connectivity index (χ0v) is 18.4. The van der Waals surface area contributed by atoms with E-state index in [2.05, 4.69) is 10.6 Å². The van der Waals surface area contributed by atoms with Gasteiger partial charge in [-0.3, -0.25) is 19.2 Å². The molecule has 0 heterocycles. The van der Waals surface area contributed by atoms with Gasteiger partial charge in [-0.25, -0.2) is 4.79 Å². The molecule has 0 aromatic heterocycles. The number of nitrogens with one attached hydrogen (secondary N) is 3. The first-order valence-electron chi connectivity index (χ1n) is 9.96. The molecule has 0 aromatic carbocycles. The number of amides is 3. The summed E-state index contributed by atoms with van der Waals surface area (Å²) >= 11 is 0. The van der Waals surface area contributed by atoms with Crippen molar-refractivity contribution in [1.29, 1.82) is 0 Å². The van der Waals surface area contributed by atoms with Crippen molar-refractivity contribution in [1.82, 2.24) is 16.0 Å². The van der Waals surface area contributed by atoms with Gasteiger partial charge in [-0.15, -0.1) is 0 Å². The Bertz CT molecular complexity index is 665. The van der Waals surface area contributed by atoms with Gasteiger partial charge in [0.2, 0.25) is 17.7 Å². The monoisotopic (exact) mass is 446 g/mol. The number of carbonyl (C=O) groups excluding carboxylic acids is 3. The molecule has 5 unspecified atom stereocenters. The SMILES string of the molecule is CC(C)CC(NC(=O)C(N)C(C)C)C(=O)NC(CC(=O)O)C(=O)NC(C(=O)O)C(C)O. The predicted molar refractivity (Wildman–Crippen MR) is 110 cm³/mol. The van der Waals surface area contributed by atoms with Gasteiger partial charge in [0.15, 0.2) is 6.04 Å². The van der Waals surface area contributed by atoms with E-state index in [-0.39, 0.29) is 18.3 Å². The molecule has 0 spiro atoms. The molecule has 0 saturated heterocycles. The molecule has 0 saturated carbocycles. The van der Waals surface area contributed by atoms with Crippen LogP contribution < -0.4 is 21.7 Å². The van der Waals surface area contributed by atoms with E-state index in [4.69, 9.17) is 15.9 Å². The number of nitrogens with two attached hydrogens (primary N) is 1. The molecule has 0 aliphatic rings. The van der Waals surface area contributed by atoms with Crippen LogP contribution in [0.1, 0.15) is 47.5 Å². The molecular weight excluding hydrogens is 412 g/mol. The standard InChI is InChI=1S/C19H34N4O8/c1-8(2)6-11(22-18(29)14(20)9(3)4)16(27)21-12(7-13(25)26)17(28)23-15(10(5)24)19(30)31/h8-12,14-15,24H,6-7,20H2,1-5H3,(H,21,27)(H,22,29)(H,23,28)(H,25,26)(H,30,31). The van der Waals surface area contributed by atoms with Gasteiger partial charge in [0.05, 0.1) is 18.6 Å². The Balaban J connectivity index is 5.54. The van der Waals surface area contributed by atoms with E-state index in [0.717, 1.165) is 6.92 Å². The van der Waals surface area contributed by atoms with Crippen molar-refractivity contribution in [3.05, 3.63) is 0 Å². The molecule has 0 aliphatic heterocycles. The molecule has 0 bridgehead atoms. The van der Waals surface area contributed by atoms with Gasteiger partial charge in [0.25, 0.3) is 0 Å². The van der Waals surface area contributed by atoms with Crippen molar-refractivity contribution >= 4 is 29.7 Å². The van der Waals surface area contributed by atoms with Crippen LogP contribution in [0.4, 0.5) is 0 Å². The summed E-state index contributed by atoms with van der Waals surface area (Å²) in [6, 6.07) is -5.29. The molecule has 0 fully saturated rings. The molecule has 12 nitrogen and oxygen atoms in total. The maximum atomic E-state index is 12.8. The van der Waals surface area contributed by atoms with E-state index in [9.17, 15) is 29.1 Å². The molecule has 8 N–H and O–H groups in total. The Labute approximate surface area is 180 Å². The van der Waals surface area contributed by atoms with Gasteiger partial charge >= 0.3 is 11.9 Å². The smallest absolute Gasteiger partial charge is 0.328 e. The quantitative estimate of drug-likeness (QED) is 0.174. The predicted octanol–water partition coefficient (Wildman–Crippen LogP) is -1.59. The highest BCUT2D eigenvalue weighted by atomic mass is 16.4. The lowest BCUT2D eigenvalue weighted by atomic mass is 10.00. The minimum absolute atomic E-state index is 0.0373. The fourth-order valence-electron chi connectivity index (χ4n) is 2.57. The maximum absolute atomic E-state index is 12.8. The topological polar surface area (TPSA) is 208 Å². The summed E-state index contributed by atoms with van der Waals surface area (Å²) < 4.78 is 0. The third kappa shape index (κ3) is 10.2. The van der Waals surface area contributed by atoms with Crippen molar-refractivity contribution in [2.45, 2.75) is 77.7 Å². The highest BCUT2D eigenvalue weighted by Gasteiger charge is 2.33. The van der Waals surface area contributed by atoms with E-state index >= 15 is 0 Å². The van der Waals surface area contributed by atoms with Gasteiger partial charge in [-0.1, -0.05) is 27.7 Å². The van der Waals surface area contributed by atoms with E-state index in [1.807, 2.05) is 5.32 Å². The van der Waals surface area contributed by atoms with Gasteiger partial charge in [-0.2, -0.15) is 0 Å². The average Bonchev–Trinajstić information content (AvgIpc) is 2.62. The fourth-order valence-corrected chi connectivity index (χ4v) is 2.57. The Morgan fingerprint density at radius 3 is 1.68 bits per heavy atom. The number of carboxylic acids is 2. The Morgan fingerprint density at radius 2 is 1.29 bits per heavy atom. The van der Waals surface area contributed by atoms with Crippen molar-refractivity contribution in [2.75, 3.05) is 0 Å². The molecule has 0 aromatic rings. The first-order chi connectivity index (χ1) is 14.2. The Kier molecular flexibility index (Phi) is 11.7. The van der Waals surface area contributed by atoms with E-state index in [1.54, 1.807) is 27.7 Å². The fraction of sp³-hybridized carbons (Fsp3) is 0.737. The van der Waals surface area contributed by atoms with Crippen LogP contribution in [-0.4, -0.2) is 75.3 Å². The third-order valence-corrected chi connectivity index (χ3v) is 4.42. The zero-order chi connectivity index (χ0) is 24.5. The summed E-state index contributed by atoms with van der Waals surface area (Å²) in [6.45, 7) is 8.20. The summed E-state index contributed by atoms with van der Waals surface area (Å²) in [5.74, 6) is -5.67. The number of carboxylic acid groups (broad SMARTS) is 2. The van der Waals surface area contributed by atoms with Crippen LogP contribution >= 0.6 is 0 Å². The van der Waals surface area contributed by atoms with Crippen LogP contribution in [0.25, 0.3) is 0 Å². The Hall–Kier alpha value is -2.73. The first-order valence-corrected chi connectivity index (χ1v) is 9.96. The van der Waals surface area contributed by atoms with Gasteiger partial charge in [0, 0.05) is 0 Å². The van der Waals surface area contributed by atoms with E-state index < -0.39 is 66.4 Å². The first kappa shape index (κ1) is 28.3. The van der Waals surface area contributed by atoms with Crippen LogP contribution in [0.5, 0.6) is 0 Å². The van der Waals surface area contributed by atoms with Crippen molar-refractivity contribution < 1.29 is 39.3 Å². The zero-order valence-electron chi connectivity index (χ0n) is 18.4. The largest absolute Gasteiger partial charge is 0.481 e. The number of aliphatic hydroxyl groups excluding tert-OH is 1. The second-order valence-electron chi connectivity index (χ2n) is 8.18. The second-order valence-corrected chi connectivity index (χ2v) is 8.18. The highest BCUT2D eigenvalue weighted by Crippen LogP contribution is 2.08.